The summed E-state index contributed by atoms with van der Waals surface area (Å²) in [5.74, 6) is -1.34. The van der Waals surface area contributed by atoms with Crippen LogP contribution in [0.25, 0.3) is 0 Å². The van der Waals surface area contributed by atoms with E-state index in [1.54, 1.807) is 0 Å². The van der Waals surface area contributed by atoms with Crippen LogP contribution in [0.1, 0.15) is 24.9 Å². The quantitative estimate of drug-likeness (QED) is 0.438. The van der Waals surface area contributed by atoms with Crippen molar-refractivity contribution in [1.29, 1.82) is 0 Å². The molecule has 6 nitrogen and oxygen atoms in total. The number of rotatable bonds is 4. The molecule has 2 atom stereocenters. The van der Waals surface area contributed by atoms with Crippen molar-refractivity contribution in [2.75, 3.05) is 20.1 Å². The molecule has 1 heterocycles. The van der Waals surface area contributed by atoms with Crippen LogP contribution < -0.4 is 21.1 Å². The summed E-state index contributed by atoms with van der Waals surface area (Å²) in [5, 5.41) is 2.68. The standard InChI is InChI=1S/C16H22N4O2/c1-12(13-6-4-3-5-7-13)17-15(21)16(22)19-18-14-8-10-20(2)11-9-14/h3-8,12,18H,9-11H2,1-2H3,(H,17,21)(H,19,22)/p+1/t12-/m1/s1. The van der Waals surface area contributed by atoms with Gasteiger partial charge >= 0.3 is 11.8 Å². The van der Waals surface area contributed by atoms with E-state index in [-0.39, 0.29) is 6.04 Å². The molecule has 0 aromatic heterocycles. The lowest BCUT2D eigenvalue weighted by molar-refractivity contribution is -0.875. The monoisotopic (exact) mass is 303 g/mol. The van der Waals surface area contributed by atoms with Gasteiger partial charge in [0.05, 0.1) is 26.2 Å². The Kier molecular flexibility index (Phi) is 5.55. The Balaban J connectivity index is 1.79. The summed E-state index contributed by atoms with van der Waals surface area (Å²) in [4.78, 5) is 25.1. The summed E-state index contributed by atoms with van der Waals surface area (Å²) >= 11 is 0. The van der Waals surface area contributed by atoms with Crippen molar-refractivity contribution in [2.24, 2.45) is 0 Å². The van der Waals surface area contributed by atoms with Crippen LogP contribution in [-0.2, 0) is 9.59 Å². The maximum atomic E-state index is 11.9. The van der Waals surface area contributed by atoms with Gasteiger partial charge in [-0.2, -0.15) is 0 Å². The largest absolute Gasteiger partial charge is 0.341 e. The second-order valence-electron chi connectivity index (χ2n) is 5.58. The van der Waals surface area contributed by atoms with Crippen LogP contribution >= 0.6 is 0 Å². The fraction of sp³-hybridized carbons (Fsp3) is 0.375. The smallest absolute Gasteiger partial charge is 0.327 e. The molecule has 22 heavy (non-hydrogen) atoms. The highest BCUT2D eigenvalue weighted by atomic mass is 16.2. The molecule has 4 N–H and O–H groups in total. The number of amides is 2. The second kappa shape index (κ2) is 7.61. The van der Waals surface area contributed by atoms with Gasteiger partial charge in [0.15, 0.2) is 0 Å². The minimum absolute atomic E-state index is 0.217. The summed E-state index contributed by atoms with van der Waals surface area (Å²) in [6.45, 7) is 3.76. The van der Waals surface area contributed by atoms with Crippen LogP contribution in [0.3, 0.4) is 0 Å². The van der Waals surface area contributed by atoms with Crippen molar-refractivity contribution in [2.45, 2.75) is 19.4 Å². The summed E-state index contributed by atoms with van der Waals surface area (Å²) in [6, 6.07) is 9.30. The number of hydrogen-bond acceptors (Lipinski definition) is 3. The van der Waals surface area contributed by atoms with Crippen molar-refractivity contribution < 1.29 is 14.5 Å². The average molecular weight is 303 g/mol. The molecule has 2 rings (SSSR count). The highest BCUT2D eigenvalue weighted by Crippen LogP contribution is 2.10. The Hall–Kier alpha value is -2.34. The van der Waals surface area contributed by atoms with E-state index in [4.69, 9.17) is 0 Å². The first kappa shape index (κ1) is 16.0. The lowest BCUT2D eigenvalue weighted by Crippen LogP contribution is -3.09. The van der Waals surface area contributed by atoms with E-state index in [0.717, 1.165) is 30.8 Å². The molecule has 1 unspecified atom stereocenters. The van der Waals surface area contributed by atoms with Gasteiger partial charge in [0.2, 0.25) is 0 Å². The first-order valence-corrected chi connectivity index (χ1v) is 7.48. The molecule has 0 fully saturated rings. The van der Waals surface area contributed by atoms with Crippen LogP contribution in [0.15, 0.2) is 42.1 Å². The molecular formula is C16H23N4O2+. The summed E-state index contributed by atoms with van der Waals surface area (Å²) in [7, 11) is 2.12. The molecule has 0 aliphatic carbocycles. The van der Waals surface area contributed by atoms with E-state index in [2.05, 4.69) is 23.2 Å². The van der Waals surface area contributed by atoms with Gasteiger partial charge in [-0.3, -0.25) is 15.0 Å². The van der Waals surface area contributed by atoms with Gasteiger partial charge < -0.3 is 15.6 Å². The van der Waals surface area contributed by atoms with Crippen LogP contribution in [0.4, 0.5) is 0 Å². The lowest BCUT2D eigenvalue weighted by atomic mass is 10.1. The third-order valence-corrected chi connectivity index (χ3v) is 3.71. The fourth-order valence-electron chi connectivity index (χ4n) is 2.24. The van der Waals surface area contributed by atoms with E-state index in [0.29, 0.717) is 0 Å². The Bertz CT molecular complexity index is 557. The van der Waals surface area contributed by atoms with Gasteiger partial charge in [0.1, 0.15) is 0 Å². The number of benzene rings is 1. The van der Waals surface area contributed by atoms with E-state index < -0.39 is 11.8 Å². The first-order valence-electron chi connectivity index (χ1n) is 7.48. The molecule has 0 spiro atoms. The van der Waals surface area contributed by atoms with Gasteiger partial charge in [0, 0.05) is 12.1 Å². The van der Waals surface area contributed by atoms with Crippen LogP contribution in [0, 0.1) is 0 Å². The SMILES string of the molecule is C[C@@H](NC(=O)C(=O)NNC1=CC[NH+](C)CC1)c1ccccc1. The minimum atomic E-state index is -0.685. The van der Waals surface area contributed by atoms with Crippen LogP contribution in [0.5, 0.6) is 0 Å². The molecule has 1 aromatic rings. The zero-order valence-electron chi connectivity index (χ0n) is 13.0. The molecule has 0 saturated carbocycles. The molecule has 0 bridgehead atoms. The predicted octanol–water partition coefficient (Wildman–Crippen LogP) is -0.713. The lowest BCUT2D eigenvalue weighted by Gasteiger charge is -2.20. The van der Waals surface area contributed by atoms with Crippen molar-refractivity contribution in [3.63, 3.8) is 0 Å². The minimum Gasteiger partial charge on any atom is -0.341 e. The summed E-state index contributed by atoms with van der Waals surface area (Å²) in [6.07, 6.45) is 2.89. The molecule has 0 saturated heterocycles. The van der Waals surface area contributed by atoms with Crippen LogP contribution in [-0.4, -0.2) is 32.0 Å². The van der Waals surface area contributed by atoms with Gasteiger partial charge in [-0.15, -0.1) is 0 Å². The normalized spacial score (nSPS) is 18.8. The van der Waals surface area contributed by atoms with E-state index in [1.165, 1.54) is 4.90 Å². The molecule has 2 amide bonds. The number of hydrogen-bond donors (Lipinski definition) is 4. The molecule has 1 aliphatic rings. The number of likely N-dealkylation sites (N-methyl/N-ethyl adjacent to an activating group) is 1. The maximum absolute atomic E-state index is 11.9. The number of nitrogens with one attached hydrogen (secondary N) is 4. The van der Waals surface area contributed by atoms with Gasteiger partial charge in [-0.1, -0.05) is 30.3 Å². The predicted molar refractivity (Wildman–Crippen MR) is 83.6 cm³/mol. The van der Waals surface area contributed by atoms with Gasteiger partial charge in [-0.25, -0.2) is 0 Å². The second-order valence-corrected chi connectivity index (χ2v) is 5.58. The zero-order valence-corrected chi connectivity index (χ0v) is 13.0. The Labute approximate surface area is 130 Å². The van der Waals surface area contributed by atoms with Gasteiger partial charge in [0.25, 0.3) is 0 Å². The van der Waals surface area contributed by atoms with Crippen molar-refractivity contribution >= 4 is 11.8 Å². The number of quaternary nitrogens is 1. The molecule has 1 aromatic carbocycles. The number of carbonyl (C=O) groups excluding carboxylic acids is 2. The third kappa shape index (κ3) is 4.60. The summed E-state index contributed by atoms with van der Waals surface area (Å²) < 4.78 is 0. The van der Waals surface area contributed by atoms with Crippen LogP contribution in [0.2, 0.25) is 0 Å². The Morgan fingerprint density at radius 1 is 1.18 bits per heavy atom. The molecule has 118 valence electrons. The van der Waals surface area contributed by atoms with Gasteiger partial charge in [-0.05, 0) is 18.6 Å². The highest BCUT2D eigenvalue weighted by Gasteiger charge is 2.18. The van der Waals surface area contributed by atoms with E-state index >= 15 is 0 Å². The van der Waals surface area contributed by atoms with Crippen molar-refractivity contribution in [3.05, 3.63) is 47.7 Å². The summed E-state index contributed by atoms with van der Waals surface area (Å²) in [5.41, 5.74) is 7.17. The molecule has 6 heteroatoms. The molecule has 0 radical (unpaired) electrons. The van der Waals surface area contributed by atoms with E-state index in [1.807, 2.05) is 43.3 Å². The van der Waals surface area contributed by atoms with E-state index in [9.17, 15) is 9.59 Å². The number of hydrazine groups is 1. The highest BCUT2D eigenvalue weighted by molar-refractivity contribution is 6.35. The topological polar surface area (TPSA) is 74.7 Å². The maximum Gasteiger partial charge on any atom is 0.327 e. The Morgan fingerprint density at radius 2 is 1.91 bits per heavy atom. The average Bonchev–Trinajstić information content (AvgIpc) is 2.54. The zero-order chi connectivity index (χ0) is 15.9. The first-order chi connectivity index (χ1) is 10.6. The third-order valence-electron chi connectivity index (χ3n) is 3.71. The molecular weight excluding hydrogens is 280 g/mol. The number of carbonyl (C=O) groups is 2. The van der Waals surface area contributed by atoms with Crippen molar-refractivity contribution in [3.8, 4) is 0 Å². The molecule has 1 aliphatic heterocycles. The Morgan fingerprint density at radius 3 is 2.55 bits per heavy atom. The van der Waals surface area contributed by atoms with Crippen molar-refractivity contribution in [1.82, 2.24) is 16.2 Å². The fourth-order valence-corrected chi connectivity index (χ4v) is 2.24.